The molecule has 0 aromatic rings. The molecule has 0 unspecified atom stereocenters. The van der Waals surface area contributed by atoms with Gasteiger partial charge in [-0.2, -0.15) is 0 Å². The van der Waals surface area contributed by atoms with Crippen LogP contribution in [0.1, 0.15) is 113 Å². The fraction of sp³-hybridized carbons (Fsp3) is 0.954. The van der Waals surface area contributed by atoms with Crippen molar-refractivity contribution in [1.29, 1.82) is 0 Å². The zero-order valence-electron chi connectivity index (χ0n) is 55.7. The molecule has 0 radical (unpaired) electrons. The maximum absolute atomic E-state index is 15.3. The molecule has 6 heterocycles. The van der Waals surface area contributed by atoms with Crippen LogP contribution >= 0.6 is 0 Å². The smallest absolute Gasteiger partial charge is 0.315 e. The number of aliphatic hydroxyl groups is 19. The average molecular weight is 1400 g/mol. The molecule has 6 aliphatic heterocycles. The highest BCUT2D eigenvalue weighted by Crippen LogP contribution is 2.76. The first-order valence-electron chi connectivity index (χ1n) is 34.3. The highest BCUT2D eigenvalue weighted by molar-refractivity contribution is 5.79. The second-order valence-corrected chi connectivity index (χ2v) is 31.3. The topological polar surface area (TPSA) is 512 Å². The normalized spacial score (nSPS) is 54.7. The Morgan fingerprint density at radius 1 is 0.495 bits per heavy atom. The third kappa shape index (κ3) is 13.2. The van der Waals surface area contributed by atoms with Gasteiger partial charge in [0.25, 0.3) is 0 Å². The van der Waals surface area contributed by atoms with E-state index in [9.17, 15) is 97.0 Å². The lowest BCUT2D eigenvalue weighted by atomic mass is 9.33. The Morgan fingerprint density at radius 2 is 0.990 bits per heavy atom. The van der Waals surface area contributed by atoms with Crippen LogP contribution in [0.25, 0.3) is 0 Å². The number of fused-ring (bicyclic) bond motifs is 7. The molecule has 0 aromatic heterocycles. The van der Waals surface area contributed by atoms with Crippen LogP contribution in [0.15, 0.2) is 11.6 Å². The van der Waals surface area contributed by atoms with Crippen LogP contribution in [0.3, 0.4) is 0 Å². The standard InChI is InChI=1S/C65H106O32/c1-25-36(70)41(75)47(81)54(88-25)96-52-51(95-56-49(83)44(78)39(73)30(21-68)91-56)32(93-55-48(82)43(77)38(72)29(20-67)90-55)23-87-58(52)94-35-11-12-61(4)33(62(35,5)24-69)10-13-64(7)34(61)9-8-26-27-18-60(2,3)14-16-65(27,17-15-63(26,64)6)59(85)97-57-50(84)45(79)40(74)31(92-57)22-86-53-46(80)42(76)37(71)28(19-66)89-53/h8,25,27-58,66-84H,9-24H2,1-7H3/t25-,27-,28+,29+,30+,31+,32-,33+,34+,35-,36-,37+,38+,39+,40+,41+,42-,43-,44-,45-,46+,47+,48+,49+,50+,51-,52+,53+,54-,55-,56-,57-,58-,61-,62-,63+,64+,65-/m0/s1. The summed E-state index contributed by atoms with van der Waals surface area (Å²) in [6.07, 6.45) is -43.6. The van der Waals surface area contributed by atoms with Crippen molar-refractivity contribution in [3.05, 3.63) is 11.6 Å². The molecule has 38 atom stereocenters. The maximum Gasteiger partial charge on any atom is 0.315 e. The molecule has 19 N–H and O–H groups in total. The van der Waals surface area contributed by atoms with Gasteiger partial charge in [0.2, 0.25) is 6.29 Å². The largest absolute Gasteiger partial charge is 0.432 e. The van der Waals surface area contributed by atoms with Gasteiger partial charge < -0.3 is 154 Å². The molecule has 32 heteroatoms. The van der Waals surface area contributed by atoms with Crippen molar-refractivity contribution in [2.75, 3.05) is 39.6 Å². The highest BCUT2D eigenvalue weighted by Gasteiger charge is 2.71. The number of rotatable bonds is 17. The van der Waals surface area contributed by atoms with Gasteiger partial charge in [-0.25, -0.2) is 0 Å². The van der Waals surface area contributed by atoms with Crippen molar-refractivity contribution in [2.24, 2.45) is 50.2 Å². The van der Waals surface area contributed by atoms with E-state index in [1.54, 1.807) is 0 Å². The molecule has 0 amide bonds. The van der Waals surface area contributed by atoms with Crippen molar-refractivity contribution in [3.63, 3.8) is 0 Å². The molecule has 0 spiro atoms. The van der Waals surface area contributed by atoms with E-state index < -0.39 is 257 Å². The van der Waals surface area contributed by atoms with Gasteiger partial charge in [0.05, 0.1) is 57.3 Å². The molecule has 10 fully saturated rings. The average Bonchev–Trinajstić information content (AvgIpc) is 0.676. The summed E-state index contributed by atoms with van der Waals surface area (Å²) in [5.41, 5.74) is -2.70. The molecule has 4 saturated carbocycles. The van der Waals surface area contributed by atoms with Crippen molar-refractivity contribution in [2.45, 2.75) is 297 Å². The van der Waals surface area contributed by atoms with E-state index in [1.165, 1.54) is 6.92 Å². The molecule has 0 aromatic carbocycles. The SMILES string of the molecule is C[C@@H]1O[C@@H](O[C@H]2[C@H](O[C@H]3CC[C@@]4(C)[C@@H](CC[C@]5(C)[C@@H]4CC=C4[C@@H]6CC(C)(C)CC[C@]6(C(=O)O[C@@H]6O[C@H](CO[C@@H]7O[C@H](CO)[C@@H](O)[C@H](O)[C@H]7O)[C@@H](O)[C@H](O)[C@H]6O)CC[C@]45C)[C@]3(C)CO)OC[C@H](O[C@@H]3O[C@H](CO)[C@@H](O)[C@H](O)[C@H]3O)[C@@H]2O[C@@H]2O[C@H](CO)[C@@H](O)[C@H](O)[C@H]2O)[C@H](O)[C@H](O)[C@H]1O. The van der Waals surface area contributed by atoms with Crippen LogP contribution in [0.2, 0.25) is 0 Å². The summed E-state index contributed by atoms with van der Waals surface area (Å²) in [6.45, 7) is 10.5. The highest BCUT2D eigenvalue weighted by atomic mass is 16.8. The second-order valence-electron chi connectivity index (χ2n) is 31.3. The first kappa shape index (κ1) is 76.1. The van der Waals surface area contributed by atoms with Gasteiger partial charge in [0.1, 0.15) is 134 Å². The first-order chi connectivity index (χ1) is 45.6. The molecule has 5 aliphatic carbocycles. The first-order valence-corrected chi connectivity index (χ1v) is 34.3. The Balaban J connectivity index is 0.861. The minimum atomic E-state index is -2.03. The molecule has 558 valence electrons. The van der Waals surface area contributed by atoms with Gasteiger partial charge in [-0.3, -0.25) is 4.79 Å². The van der Waals surface area contributed by atoms with Crippen molar-refractivity contribution >= 4 is 5.97 Å². The molecule has 32 nitrogen and oxygen atoms in total. The Kier molecular flexibility index (Phi) is 22.6. The number of carbonyl (C=O) groups excluding carboxylic acids is 1. The van der Waals surface area contributed by atoms with Crippen LogP contribution in [0, 0.1) is 50.2 Å². The Bertz CT molecular complexity index is 2710. The Morgan fingerprint density at radius 3 is 1.57 bits per heavy atom. The van der Waals surface area contributed by atoms with Crippen molar-refractivity contribution in [1.82, 2.24) is 0 Å². The zero-order valence-corrected chi connectivity index (χ0v) is 55.7. The number of hydrogen-bond acceptors (Lipinski definition) is 32. The summed E-state index contributed by atoms with van der Waals surface area (Å²) < 4.78 is 73.6. The van der Waals surface area contributed by atoms with Gasteiger partial charge in [0, 0.05) is 5.41 Å². The molecule has 97 heavy (non-hydrogen) atoms. The number of allylic oxidation sites excluding steroid dienone is 2. The van der Waals surface area contributed by atoms with Gasteiger partial charge >= 0.3 is 5.97 Å². The van der Waals surface area contributed by atoms with E-state index in [4.69, 9.17) is 56.8 Å². The van der Waals surface area contributed by atoms with Crippen molar-refractivity contribution in [3.8, 4) is 0 Å². The van der Waals surface area contributed by atoms with Gasteiger partial charge in [-0.1, -0.05) is 53.2 Å². The van der Waals surface area contributed by atoms with Gasteiger partial charge in [-0.05, 0) is 111 Å². The van der Waals surface area contributed by atoms with Gasteiger partial charge in [0.15, 0.2) is 31.5 Å². The maximum atomic E-state index is 15.3. The Labute approximate surface area is 561 Å². The van der Waals surface area contributed by atoms with Crippen LogP contribution < -0.4 is 0 Å². The molecule has 11 aliphatic rings. The number of ether oxygens (including phenoxy) is 12. The third-order valence-corrected chi connectivity index (χ3v) is 25.4. The lowest BCUT2D eigenvalue weighted by Gasteiger charge is -2.71. The van der Waals surface area contributed by atoms with Crippen LogP contribution in [0.5, 0.6) is 0 Å². The third-order valence-electron chi connectivity index (χ3n) is 25.4. The monoisotopic (exact) mass is 1400 g/mol. The summed E-state index contributed by atoms with van der Waals surface area (Å²) in [7, 11) is 0. The fourth-order valence-electron chi connectivity index (χ4n) is 19.0. The zero-order chi connectivity index (χ0) is 70.7. The molecule has 6 saturated heterocycles. The minimum absolute atomic E-state index is 0.0106. The number of carbonyl (C=O) groups is 1. The van der Waals surface area contributed by atoms with E-state index in [-0.39, 0.29) is 23.2 Å². The van der Waals surface area contributed by atoms with E-state index in [0.29, 0.717) is 64.2 Å². The fourth-order valence-corrected chi connectivity index (χ4v) is 19.0. The lowest BCUT2D eigenvalue weighted by Crippen LogP contribution is -2.68. The van der Waals surface area contributed by atoms with E-state index in [0.717, 1.165) is 5.57 Å². The minimum Gasteiger partial charge on any atom is -0.432 e. The molecule has 0 bridgehead atoms. The van der Waals surface area contributed by atoms with Crippen LogP contribution in [-0.2, 0) is 61.6 Å². The summed E-state index contributed by atoms with van der Waals surface area (Å²) in [6, 6.07) is 0. The van der Waals surface area contributed by atoms with E-state index >= 15 is 4.79 Å². The van der Waals surface area contributed by atoms with Crippen molar-refractivity contribution < 1.29 is 159 Å². The second kappa shape index (κ2) is 28.8. The number of aliphatic hydroxyl groups excluding tert-OH is 19. The number of hydrogen-bond donors (Lipinski definition) is 19. The van der Waals surface area contributed by atoms with Crippen LogP contribution in [0.4, 0.5) is 0 Å². The summed E-state index contributed by atoms with van der Waals surface area (Å²) in [5.74, 6) is -1.26. The Hall–Kier alpha value is -1.99. The lowest BCUT2D eigenvalue weighted by molar-refractivity contribution is -0.403. The predicted octanol–water partition coefficient (Wildman–Crippen LogP) is -5.75. The van der Waals surface area contributed by atoms with E-state index in [2.05, 4.69) is 40.7 Å². The summed E-state index contributed by atoms with van der Waals surface area (Å²) >= 11 is 0. The summed E-state index contributed by atoms with van der Waals surface area (Å²) in [5, 5.41) is 206. The van der Waals surface area contributed by atoms with Crippen LogP contribution in [-0.4, -0.2) is 327 Å². The number of esters is 1. The van der Waals surface area contributed by atoms with E-state index in [1.807, 2.05) is 6.92 Å². The predicted molar refractivity (Wildman–Crippen MR) is 322 cm³/mol. The van der Waals surface area contributed by atoms with Gasteiger partial charge in [-0.15, -0.1) is 0 Å². The quantitative estimate of drug-likeness (QED) is 0.0366. The molecule has 11 rings (SSSR count). The molecular formula is C65H106O32. The summed E-state index contributed by atoms with van der Waals surface area (Å²) in [4.78, 5) is 15.3. The molecular weight excluding hydrogens is 1290 g/mol.